The molecule has 1 heterocycles. The molecule has 1 unspecified atom stereocenters. The monoisotopic (exact) mass is 247 g/mol. The lowest BCUT2D eigenvalue weighted by Crippen LogP contribution is -2.30. The second-order valence-electron chi connectivity index (χ2n) is 5.07. The Hall–Kier alpha value is -0.130. The lowest BCUT2D eigenvalue weighted by molar-refractivity contribution is -0.0272. The van der Waals surface area contributed by atoms with Gasteiger partial charge in [-0.2, -0.15) is 0 Å². The number of nitrogens with two attached hydrogens (primary N) is 1. The van der Waals surface area contributed by atoms with E-state index in [4.69, 9.17) is 10.5 Å². The topological polar surface area (TPSA) is 69.4 Å². The van der Waals surface area contributed by atoms with Gasteiger partial charge in [0.2, 0.25) is 0 Å². The first-order valence-electron chi connectivity index (χ1n) is 6.14. The highest BCUT2D eigenvalue weighted by molar-refractivity contribution is 7.91. The van der Waals surface area contributed by atoms with Gasteiger partial charge in [0.05, 0.1) is 23.2 Å². The zero-order valence-corrected chi connectivity index (χ0v) is 10.5. The minimum Gasteiger partial charge on any atom is -0.371 e. The van der Waals surface area contributed by atoms with Crippen LogP contribution in [0.5, 0.6) is 0 Å². The summed E-state index contributed by atoms with van der Waals surface area (Å²) in [6, 6.07) is 0. The van der Waals surface area contributed by atoms with Crippen molar-refractivity contribution in [3.8, 4) is 0 Å². The van der Waals surface area contributed by atoms with Crippen LogP contribution in [0.25, 0.3) is 0 Å². The van der Waals surface area contributed by atoms with Crippen molar-refractivity contribution in [1.82, 2.24) is 0 Å². The van der Waals surface area contributed by atoms with Gasteiger partial charge in [-0.25, -0.2) is 8.42 Å². The van der Waals surface area contributed by atoms with Crippen molar-refractivity contribution < 1.29 is 13.2 Å². The molecule has 1 saturated heterocycles. The summed E-state index contributed by atoms with van der Waals surface area (Å²) in [6.45, 7) is 0.209. The van der Waals surface area contributed by atoms with E-state index in [9.17, 15) is 8.42 Å². The Morgan fingerprint density at radius 1 is 1.25 bits per heavy atom. The SMILES string of the molecule is NCCS(=O)(=O)CC1CCC2(CCCC2)O1. The largest absolute Gasteiger partial charge is 0.371 e. The maximum absolute atomic E-state index is 11.6. The first kappa shape index (κ1) is 12.3. The van der Waals surface area contributed by atoms with Crippen LogP contribution in [-0.4, -0.2) is 38.2 Å². The van der Waals surface area contributed by atoms with E-state index in [-0.39, 0.29) is 29.8 Å². The van der Waals surface area contributed by atoms with Crippen LogP contribution in [0.3, 0.4) is 0 Å². The molecule has 94 valence electrons. The van der Waals surface area contributed by atoms with E-state index >= 15 is 0 Å². The first-order chi connectivity index (χ1) is 7.55. The molecule has 0 aromatic rings. The number of hydrogen-bond acceptors (Lipinski definition) is 4. The summed E-state index contributed by atoms with van der Waals surface area (Å²) in [5.74, 6) is 0.242. The number of rotatable bonds is 4. The van der Waals surface area contributed by atoms with Crippen LogP contribution in [-0.2, 0) is 14.6 Å². The summed E-state index contributed by atoms with van der Waals surface area (Å²) in [5.41, 5.74) is 5.32. The molecular weight excluding hydrogens is 226 g/mol. The highest BCUT2D eigenvalue weighted by atomic mass is 32.2. The van der Waals surface area contributed by atoms with Gasteiger partial charge in [0.1, 0.15) is 0 Å². The zero-order valence-electron chi connectivity index (χ0n) is 9.65. The van der Waals surface area contributed by atoms with Crippen molar-refractivity contribution in [1.29, 1.82) is 0 Å². The Bertz CT molecular complexity index is 333. The van der Waals surface area contributed by atoms with Crippen molar-refractivity contribution in [2.45, 2.75) is 50.2 Å². The van der Waals surface area contributed by atoms with Crippen molar-refractivity contribution >= 4 is 9.84 Å². The van der Waals surface area contributed by atoms with Gasteiger partial charge in [-0.15, -0.1) is 0 Å². The maximum Gasteiger partial charge on any atom is 0.154 e. The lowest BCUT2D eigenvalue weighted by Gasteiger charge is -2.23. The summed E-state index contributed by atoms with van der Waals surface area (Å²) >= 11 is 0. The summed E-state index contributed by atoms with van der Waals surface area (Å²) in [7, 11) is -3.01. The Morgan fingerprint density at radius 2 is 1.94 bits per heavy atom. The molecule has 0 radical (unpaired) electrons. The van der Waals surface area contributed by atoms with Crippen LogP contribution in [0.2, 0.25) is 0 Å². The van der Waals surface area contributed by atoms with Gasteiger partial charge < -0.3 is 10.5 Å². The maximum atomic E-state index is 11.6. The van der Waals surface area contributed by atoms with E-state index in [1.165, 1.54) is 12.8 Å². The van der Waals surface area contributed by atoms with Crippen LogP contribution in [0.1, 0.15) is 38.5 Å². The molecule has 1 saturated carbocycles. The molecule has 16 heavy (non-hydrogen) atoms. The minimum absolute atomic E-state index is 0.0307. The van der Waals surface area contributed by atoms with Crippen LogP contribution in [0, 0.1) is 0 Å². The van der Waals surface area contributed by atoms with Gasteiger partial charge in [-0.3, -0.25) is 0 Å². The third-order valence-corrected chi connectivity index (χ3v) is 5.46. The highest BCUT2D eigenvalue weighted by Crippen LogP contribution is 2.43. The minimum atomic E-state index is -3.01. The quantitative estimate of drug-likeness (QED) is 0.799. The average molecular weight is 247 g/mol. The van der Waals surface area contributed by atoms with E-state index in [0.717, 1.165) is 25.7 Å². The van der Waals surface area contributed by atoms with Gasteiger partial charge in [-0.1, -0.05) is 12.8 Å². The van der Waals surface area contributed by atoms with Gasteiger partial charge in [0, 0.05) is 6.54 Å². The highest BCUT2D eigenvalue weighted by Gasteiger charge is 2.43. The molecule has 2 N–H and O–H groups in total. The molecule has 5 heteroatoms. The Kier molecular flexibility index (Phi) is 3.56. The third-order valence-electron chi connectivity index (χ3n) is 3.72. The number of sulfone groups is 1. The normalized spacial score (nSPS) is 28.9. The van der Waals surface area contributed by atoms with Gasteiger partial charge in [0.15, 0.2) is 9.84 Å². The van der Waals surface area contributed by atoms with E-state index in [1.54, 1.807) is 0 Å². The second kappa shape index (κ2) is 4.63. The fraction of sp³-hybridized carbons (Fsp3) is 1.00. The zero-order chi connectivity index (χ0) is 11.6. The molecule has 1 aliphatic heterocycles. The van der Waals surface area contributed by atoms with Gasteiger partial charge in [0.25, 0.3) is 0 Å². The van der Waals surface area contributed by atoms with Crippen molar-refractivity contribution in [2.75, 3.05) is 18.1 Å². The average Bonchev–Trinajstić information content (AvgIpc) is 2.77. The van der Waals surface area contributed by atoms with Crippen molar-refractivity contribution in [2.24, 2.45) is 5.73 Å². The summed E-state index contributed by atoms with van der Waals surface area (Å²) < 4.78 is 29.2. The Labute approximate surface area is 97.5 Å². The van der Waals surface area contributed by atoms with Crippen molar-refractivity contribution in [3.05, 3.63) is 0 Å². The van der Waals surface area contributed by atoms with Crippen molar-refractivity contribution in [3.63, 3.8) is 0 Å². The third kappa shape index (κ3) is 2.76. The molecule has 1 spiro atoms. The predicted octanol–water partition coefficient (Wildman–Crippen LogP) is 0.852. The van der Waals surface area contributed by atoms with Crippen LogP contribution in [0.15, 0.2) is 0 Å². The Balaban J connectivity index is 1.89. The standard InChI is InChI=1S/C11H21NO3S/c12-7-8-16(13,14)9-10-3-6-11(15-10)4-1-2-5-11/h10H,1-9,12H2. The van der Waals surface area contributed by atoms with E-state index in [2.05, 4.69) is 0 Å². The van der Waals surface area contributed by atoms with E-state index in [0.29, 0.717) is 0 Å². The molecule has 4 nitrogen and oxygen atoms in total. The van der Waals surface area contributed by atoms with E-state index in [1.807, 2.05) is 0 Å². The number of ether oxygens (including phenoxy) is 1. The molecule has 0 bridgehead atoms. The van der Waals surface area contributed by atoms with Gasteiger partial charge >= 0.3 is 0 Å². The van der Waals surface area contributed by atoms with Crippen LogP contribution < -0.4 is 5.73 Å². The summed E-state index contributed by atoms with van der Waals surface area (Å²) in [6.07, 6.45) is 6.51. The number of hydrogen-bond donors (Lipinski definition) is 1. The molecule has 1 aliphatic carbocycles. The molecule has 0 aromatic heterocycles. The molecule has 0 amide bonds. The lowest BCUT2D eigenvalue weighted by atomic mass is 9.98. The summed E-state index contributed by atoms with van der Waals surface area (Å²) in [5, 5.41) is 0. The molecule has 2 rings (SSSR count). The van der Waals surface area contributed by atoms with E-state index < -0.39 is 9.84 Å². The Morgan fingerprint density at radius 3 is 2.56 bits per heavy atom. The second-order valence-corrected chi connectivity index (χ2v) is 7.30. The van der Waals surface area contributed by atoms with Crippen LogP contribution >= 0.6 is 0 Å². The molecular formula is C11H21NO3S. The summed E-state index contributed by atoms with van der Waals surface area (Å²) in [4.78, 5) is 0. The molecule has 2 fully saturated rings. The smallest absolute Gasteiger partial charge is 0.154 e. The molecule has 0 aromatic carbocycles. The predicted molar refractivity (Wildman–Crippen MR) is 63.0 cm³/mol. The van der Waals surface area contributed by atoms with Gasteiger partial charge in [-0.05, 0) is 25.7 Å². The van der Waals surface area contributed by atoms with Crippen LogP contribution in [0.4, 0.5) is 0 Å². The molecule has 1 atom stereocenters. The fourth-order valence-corrected chi connectivity index (χ4v) is 4.27. The fourth-order valence-electron chi connectivity index (χ4n) is 2.95. The first-order valence-corrected chi connectivity index (χ1v) is 7.96. The molecule has 2 aliphatic rings.